The maximum absolute atomic E-state index is 5.88. The molecule has 0 aliphatic rings. The van der Waals surface area contributed by atoms with E-state index in [1.807, 2.05) is 12.1 Å². The van der Waals surface area contributed by atoms with E-state index in [2.05, 4.69) is 15.5 Å². The molecule has 2 rings (SSSR count). The maximum atomic E-state index is 5.88. The van der Waals surface area contributed by atoms with Gasteiger partial charge in [0.15, 0.2) is 0 Å². The topological polar surface area (TPSA) is 37.3 Å². The molecule has 0 aliphatic heterocycles. The molecule has 1 N–H and O–H groups in total. The van der Waals surface area contributed by atoms with Gasteiger partial charge in [-0.1, -0.05) is 29.3 Å². The number of aromatic nitrogens is 1. The molecule has 0 fully saturated rings. The van der Waals surface area contributed by atoms with Crippen molar-refractivity contribution in [1.29, 1.82) is 0 Å². The van der Waals surface area contributed by atoms with Crippen molar-refractivity contribution in [2.24, 2.45) is 5.10 Å². The largest absolute Gasteiger partial charge is 0.278 e. The molecule has 86 valence electrons. The van der Waals surface area contributed by atoms with E-state index in [1.54, 1.807) is 36.8 Å². The monoisotopic (exact) mass is 265 g/mol. The molecule has 0 amide bonds. The van der Waals surface area contributed by atoms with Crippen LogP contribution in [0.25, 0.3) is 0 Å². The molecule has 2 aromatic rings. The Bertz CT molecular complexity index is 527. The summed E-state index contributed by atoms with van der Waals surface area (Å²) in [4.78, 5) is 3.98. The van der Waals surface area contributed by atoms with Crippen molar-refractivity contribution in [1.82, 2.24) is 4.98 Å². The number of nitrogens with zero attached hydrogens (tertiary/aromatic N) is 2. The van der Waals surface area contributed by atoms with Gasteiger partial charge in [0, 0.05) is 18.0 Å². The summed E-state index contributed by atoms with van der Waals surface area (Å²) in [6.07, 6.45) is 5.11. The number of anilines is 1. The van der Waals surface area contributed by atoms with Crippen molar-refractivity contribution in [2.75, 3.05) is 5.43 Å². The first-order valence-electron chi connectivity index (χ1n) is 4.90. The number of nitrogens with one attached hydrogen (secondary N) is 1. The lowest BCUT2D eigenvalue weighted by atomic mass is 10.3. The summed E-state index contributed by atoms with van der Waals surface area (Å²) in [6.45, 7) is 0. The SMILES string of the molecule is Clc1ccc(N/N=C/c2cccnc2)cc1Cl. The molecule has 0 spiro atoms. The van der Waals surface area contributed by atoms with Crippen molar-refractivity contribution in [3.05, 3.63) is 58.3 Å². The van der Waals surface area contributed by atoms with Gasteiger partial charge in [-0.3, -0.25) is 10.4 Å². The predicted molar refractivity (Wildman–Crippen MR) is 71.9 cm³/mol. The molecule has 3 nitrogen and oxygen atoms in total. The summed E-state index contributed by atoms with van der Waals surface area (Å²) in [5.74, 6) is 0. The van der Waals surface area contributed by atoms with Gasteiger partial charge in [0.2, 0.25) is 0 Å². The van der Waals surface area contributed by atoms with Crippen LogP contribution in [0.4, 0.5) is 5.69 Å². The highest BCUT2D eigenvalue weighted by molar-refractivity contribution is 6.42. The average molecular weight is 266 g/mol. The minimum absolute atomic E-state index is 0.494. The van der Waals surface area contributed by atoms with E-state index in [9.17, 15) is 0 Å². The van der Waals surface area contributed by atoms with Crippen LogP contribution in [0.5, 0.6) is 0 Å². The summed E-state index contributed by atoms with van der Waals surface area (Å²) in [5, 5.41) is 5.08. The lowest BCUT2D eigenvalue weighted by molar-refractivity contribution is 1.30. The van der Waals surface area contributed by atoms with Gasteiger partial charge in [-0.15, -0.1) is 0 Å². The molecule has 17 heavy (non-hydrogen) atoms. The van der Waals surface area contributed by atoms with Crippen molar-refractivity contribution in [2.45, 2.75) is 0 Å². The summed E-state index contributed by atoms with van der Waals surface area (Å²) in [6, 6.07) is 8.98. The Hall–Kier alpha value is -1.58. The highest BCUT2D eigenvalue weighted by Gasteiger charge is 1.97. The number of pyridine rings is 1. The number of benzene rings is 1. The Morgan fingerprint density at radius 2 is 2.06 bits per heavy atom. The van der Waals surface area contributed by atoms with Gasteiger partial charge < -0.3 is 0 Å². The number of halogens is 2. The fourth-order valence-electron chi connectivity index (χ4n) is 1.20. The van der Waals surface area contributed by atoms with E-state index >= 15 is 0 Å². The van der Waals surface area contributed by atoms with E-state index in [-0.39, 0.29) is 0 Å². The second-order valence-corrected chi connectivity index (χ2v) is 4.10. The van der Waals surface area contributed by atoms with Crippen molar-refractivity contribution in [3.8, 4) is 0 Å². The molecule has 0 atom stereocenters. The normalized spacial score (nSPS) is 10.7. The highest BCUT2D eigenvalue weighted by atomic mass is 35.5. The molecule has 0 aliphatic carbocycles. The first kappa shape index (κ1) is 11.9. The smallest absolute Gasteiger partial charge is 0.0613 e. The van der Waals surface area contributed by atoms with Crippen LogP contribution in [0.2, 0.25) is 10.0 Å². The van der Waals surface area contributed by atoms with E-state index < -0.39 is 0 Å². The van der Waals surface area contributed by atoms with Crippen LogP contribution in [0.15, 0.2) is 47.8 Å². The third kappa shape index (κ3) is 3.44. The Kier molecular flexibility index (Phi) is 3.96. The molecule has 0 unspecified atom stereocenters. The Labute approximate surface area is 109 Å². The van der Waals surface area contributed by atoms with Crippen LogP contribution in [0.3, 0.4) is 0 Å². The van der Waals surface area contributed by atoms with Crippen LogP contribution >= 0.6 is 23.2 Å². The zero-order valence-corrected chi connectivity index (χ0v) is 10.3. The number of hydrogen-bond acceptors (Lipinski definition) is 3. The zero-order chi connectivity index (χ0) is 12.1. The van der Waals surface area contributed by atoms with Crippen LogP contribution in [-0.2, 0) is 0 Å². The average Bonchev–Trinajstić information content (AvgIpc) is 2.35. The molecule has 0 radical (unpaired) electrons. The maximum Gasteiger partial charge on any atom is 0.0613 e. The molecular formula is C12H9Cl2N3. The number of hydrogen-bond donors (Lipinski definition) is 1. The van der Waals surface area contributed by atoms with Crippen LogP contribution in [0.1, 0.15) is 5.56 Å². The highest BCUT2D eigenvalue weighted by Crippen LogP contribution is 2.24. The van der Waals surface area contributed by atoms with Gasteiger partial charge in [-0.2, -0.15) is 5.10 Å². The summed E-state index contributed by atoms with van der Waals surface area (Å²) in [5.41, 5.74) is 4.55. The third-order valence-electron chi connectivity index (χ3n) is 2.01. The van der Waals surface area contributed by atoms with Crippen molar-refractivity contribution < 1.29 is 0 Å². The Morgan fingerprint density at radius 1 is 1.18 bits per heavy atom. The molecular weight excluding hydrogens is 257 g/mol. The Balaban J connectivity index is 2.03. The van der Waals surface area contributed by atoms with Crippen LogP contribution < -0.4 is 5.43 Å². The second kappa shape index (κ2) is 5.66. The first-order valence-corrected chi connectivity index (χ1v) is 5.65. The standard InChI is InChI=1S/C12H9Cl2N3/c13-11-4-3-10(6-12(11)14)17-16-8-9-2-1-5-15-7-9/h1-8,17H/b16-8+. The third-order valence-corrected chi connectivity index (χ3v) is 2.75. The lowest BCUT2D eigenvalue weighted by Gasteiger charge is -2.01. The molecule has 1 aromatic carbocycles. The summed E-state index contributed by atoms with van der Waals surface area (Å²) < 4.78 is 0. The zero-order valence-electron chi connectivity index (χ0n) is 8.77. The fraction of sp³-hybridized carbons (Fsp3) is 0. The molecule has 0 saturated heterocycles. The van der Waals surface area contributed by atoms with E-state index in [4.69, 9.17) is 23.2 Å². The molecule has 5 heteroatoms. The van der Waals surface area contributed by atoms with E-state index in [1.165, 1.54) is 0 Å². The molecule has 0 saturated carbocycles. The molecule has 1 heterocycles. The fourth-order valence-corrected chi connectivity index (χ4v) is 1.50. The van der Waals surface area contributed by atoms with Gasteiger partial charge >= 0.3 is 0 Å². The van der Waals surface area contributed by atoms with E-state index in [0.29, 0.717) is 10.0 Å². The van der Waals surface area contributed by atoms with Gasteiger partial charge in [-0.25, -0.2) is 0 Å². The number of hydrazone groups is 1. The quantitative estimate of drug-likeness (QED) is 0.677. The van der Waals surface area contributed by atoms with Gasteiger partial charge in [-0.05, 0) is 24.3 Å². The van der Waals surface area contributed by atoms with Crippen molar-refractivity contribution in [3.63, 3.8) is 0 Å². The second-order valence-electron chi connectivity index (χ2n) is 3.29. The van der Waals surface area contributed by atoms with Crippen LogP contribution in [-0.4, -0.2) is 11.2 Å². The van der Waals surface area contributed by atoms with Gasteiger partial charge in [0.05, 0.1) is 21.9 Å². The summed E-state index contributed by atoms with van der Waals surface area (Å²) >= 11 is 11.7. The molecule has 0 bridgehead atoms. The van der Waals surface area contributed by atoms with Crippen molar-refractivity contribution >= 4 is 35.1 Å². The lowest BCUT2D eigenvalue weighted by Crippen LogP contribution is -1.90. The van der Waals surface area contributed by atoms with Gasteiger partial charge in [0.25, 0.3) is 0 Å². The number of rotatable bonds is 3. The summed E-state index contributed by atoms with van der Waals surface area (Å²) in [7, 11) is 0. The molecule has 1 aromatic heterocycles. The predicted octanol–water partition coefficient (Wildman–Crippen LogP) is 3.83. The van der Waals surface area contributed by atoms with Gasteiger partial charge in [0.1, 0.15) is 0 Å². The minimum atomic E-state index is 0.494. The Morgan fingerprint density at radius 3 is 2.76 bits per heavy atom. The minimum Gasteiger partial charge on any atom is -0.278 e. The first-order chi connectivity index (χ1) is 8.25. The van der Waals surface area contributed by atoms with Crippen LogP contribution in [0, 0.1) is 0 Å². The van der Waals surface area contributed by atoms with E-state index in [0.717, 1.165) is 11.3 Å².